The van der Waals surface area contributed by atoms with Crippen molar-refractivity contribution in [2.45, 2.75) is 115 Å². The molecule has 1 aliphatic rings. The normalized spacial score (nSPS) is 23.6. The number of allylic oxidation sites excluding steroid dienone is 2. The van der Waals surface area contributed by atoms with Crippen molar-refractivity contribution in [3.05, 3.63) is 12.2 Å². The van der Waals surface area contributed by atoms with Crippen molar-refractivity contribution in [1.29, 1.82) is 0 Å². The van der Waals surface area contributed by atoms with Gasteiger partial charge in [-0.2, -0.15) is 0 Å². The smallest absolute Gasteiger partial charge is 0.114 e. The molecular formula is C23H44O5. The maximum atomic E-state index is 9.93. The highest BCUT2D eigenvalue weighted by Gasteiger charge is 2.39. The first-order valence-corrected chi connectivity index (χ1v) is 11.5. The molecule has 5 nitrogen and oxygen atoms in total. The summed E-state index contributed by atoms with van der Waals surface area (Å²) in [6.45, 7) is 3.06. The van der Waals surface area contributed by atoms with Gasteiger partial charge in [-0.15, -0.1) is 0 Å². The van der Waals surface area contributed by atoms with E-state index in [2.05, 4.69) is 19.1 Å². The molecule has 5 heteroatoms. The third kappa shape index (κ3) is 12.2. The fraction of sp³-hybridized carbons (Fsp3) is 0.913. The lowest BCUT2D eigenvalue weighted by atomic mass is 10.1. The second-order valence-corrected chi connectivity index (χ2v) is 8.08. The van der Waals surface area contributed by atoms with Crippen molar-refractivity contribution in [3.8, 4) is 0 Å². The fourth-order valence-corrected chi connectivity index (χ4v) is 3.54. The van der Waals surface area contributed by atoms with Crippen LogP contribution in [0.2, 0.25) is 0 Å². The van der Waals surface area contributed by atoms with Gasteiger partial charge in [0.05, 0.1) is 13.2 Å². The van der Waals surface area contributed by atoms with E-state index in [-0.39, 0.29) is 13.2 Å². The molecule has 166 valence electrons. The fourth-order valence-electron chi connectivity index (χ4n) is 3.54. The number of unbranched alkanes of at least 4 members (excludes halogenated alkanes) is 11. The van der Waals surface area contributed by atoms with Crippen LogP contribution in [0.1, 0.15) is 90.4 Å². The third-order valence-corrected chi connectivity index (χ3v) is 5.41. The van der Waals surface area contributed by atoms with E-state index in [9.17, 15) is 15.3 Å². The Kier molecular flexibility index (Phi) is 15.9. The van der Waals surface area contributed by atoms with Gasteiger partial charge in [0, 0.05) is 6.61 Å². The van der Waals surface area contributed by atoms with Crippen LogP contribution in [-0.2, 0) is 9.47 Å². The molecule has 0 spiro atoms. The summed E-state index contributed by atoms with van der Waals surface area (Å²) in [6.07, 6.45) is 17.6. The first-order valence-electron chi connectivity index (χ1n) is 11.5. The highest BCUT2D eigenvalue weighted by Crippen LogP contribution is 2.18. The van der Waals surface area contributed by atoms with Gasteiger partial charge in [-0.1, -0.05) is 70.4 Å². The summed E-state index contributed by atoms with van der Waals surface area (Å²) in [4.78, 5) is 0. The zero-order valence-electron chi connectivity index (χ0n) is 17.9. The molecule has 0 unspecified atom stereocenters. The first-order chi connectivity index (χ1) is 13.7. The molecule has 0 aromatic rings. The average Bonchev–Trinajstić information content (AvgIpc) is 3.03. The summed E-state index contributed by atoms with van der Waals surface area (Å²) in [7, 11) is 0. The van der Waals surface area contributed by atoms with E-state index in [4.69, 9.17) is 9.47 Å². The molecule has 0 radical (unpaired) electrons. The monoisotopic (exact) mass is 400 g/mol. The number of aliphatic hydroxyl groups is 3. The molecule has 0 aliphatic carbocycles. The van der Waals surface area contributed by atoms with Crippen molar-refractivity contribution >= 4 is 0 Å². The molecule has 1 saturated heterocycles. The van der Waals surface area contributed by atoms with Gasteiger partial charge >= 0.3 is 0 Å². The Balaban J connectivity index is 1.81. The maximum absolute atomic E-state index is 9.93. The highest BCUT2D eigenvalue weighted by molar-refractivity contribution is 4.87. The number of hydrogen-bond acceptors (Lipinski definition) is 5. The van der Waals surface area contributed by atoms with Gasteiger partial charge in [0.25, 0.3) is 0 Å². The van der Waals surface area contributed by atoms with Crippen molar-refractivity contribution in [3.63, 3.8) is 0 Å². The Bertz CT molecular complexity index is 374. The van der Waals surface area contributed by atoms with Gasteiger partial charge in [-0.3, -0.25) is 0 Å². The predicted molar refractivity (Wildman–Crippen MR) is 113 cm³/mol. The van der Waals surface area contributed by atoms with Crippen LogP contribution >= 0.6 is 0 Å². The van der Waals surface area contributed by atoms with Crippen molar-refractivity contribution in [2.24, 2.45) is 0 Å². The molecule has 1 heterocycles. The quantitative estimate of drug-likeness (QED) is 0.238. The predicted octanol–water partition coefficient (Wildman–Crippen LogP) is 4.13. The molecule has 3 N–H and O–H groups in total. The Morgan fingerprint density at radius 3 is 2.04 bits per heavy atom. The molecule has 1 aliphatic heterocycles. The van der Waals surface area contributed by atoms with Crippen LogP contribution in [0.3, 0.4) is 0 Å². The Hall–Kier alpha value is -0.460. The molecule has 28 heavy (non-hydrogen) atoms. The van der Waals surface area contributed by atoms with Crippen LogP contribution in [0.15, 0.2) is 12.2 Å². The van der Waals surface area contributed by atoms with Crippen LogP contribution in [0.4, 0.5) is 0 Å². The Labute approximate surface area is 172 Å². The van der Waals surface area contributed by atoms with Crippen LogP contribution in [-0.4, -0.2) is 59.6 Å². The molecule has 1 fully saturated rings. The number of hydrogen-bond donors (Lipinski definition) is 3. The van der Waals surface area contributed by atoms with Gasteiger partial charge in [0.1, 0.15) is 24.4 Å². The topological polar surface area (TPSA) is 79.2 Å². The standard InChI is InChI=1S/C23H44O5/c1-2-3-4-5-6-7-8-9-10-11-12-13-14-15-16-17-27-18-21(25)23-22(26)20(24)19-28-23/h11-12,20-26H,2-10,13-19H2,1H3/b12-11+/t20-,21+,22+,23+/m0/s1. The minimum atomic E-state index is -1.03. The Morgan fingerprint density at radius 1 is 0.893 bits per heavy atom. The summed E-state index contributed by atoms with van der Waals surface area (Å²) < 4.78 is 10.6. The van der Waals surface area contributed by atoms with Crippen LogP contribution < -0.4 is 0 Å². The van der Waals surface area contributed by atoms with E-state index < -0.39 is 24.4 Å². The zero-order chi connectivity index (χ0) is 20.5. The SMILES string of the molecule is CCCCCCCCCC/C=C/CCCCCOC[C@@H](O)[C@H]1OC[C@H](O)[C@H]1O. The summed E-state index contributed by atoms with van der Waals surface area (Å²) in [5.74, 6) is 0. The van der Waals surface area contributed by atoms with Gasteiger partial charge in [-0.05, 0) is 32.1 Å². The molecule has 0 aromatic heterocycles. The number of rotatable bonds is 18. The maximum Gasteiger partial charge on any atom is 0.114 e. The second kappa shape index (κ2) is 17.4. The van der Waals surface area contributed by atoms with Gasteiger partial charge in [-0.25, -0.2) is 0 Å². The minimum absolute atomic E-state index is 0.0649. The second-order valence-electron chi connectivity index (χ2n) is 8.08. The summed E-state index contributed by atoms with van der Waals surface area (Å²) in [6, 6.07) is 0. The lowest BCUT2D eigenvalue weighted by Gasteiger charge is -2.20. The molecule has 1 rings (SSSR count). The molecule has 0 bridgehead atoms. The first kappa shape index (κ1) is 25.6. The van der Waals surface area contributed by atoms with Crippen LogP contribution in [0, 0.1) is 0 Å². The van der Waals surface area contributed by atoms with E-state index in [0.717, 1.165) is 25.7 Å². The van der Waals surface area contributed by atoms with Crippen molar-refractivity contribution < 1.29 is 24.8 Å². The molecule has 0 amide bonds. The van der Waals surface area contributed by atoms with Gasteiger partial charge < -0.3 is 24.8 Å². The van der Waals surface area contributed by atoms with Gasteiger partial charge in [0.2, 0.25) is 0 Å². The molecule has 4 atom stereocenters. The summed E-state index contributed by atoms with van der Waals surface area (Å²) in [5.41, 5.74) is 0. The largest absolute Gasteiger partial charge is 0.388 e. The third-order valence-electron chi connectivity index (χ3n) is 5.41. The highest BCUT2D eigenvalue weighted by atomic mass is 16.5. The minimum Gasteiger partial charge on any atom is -0.388 e. The lowest BCUT2D eigenvalue weighted by molar-refractivity contribution is -0.0813. The van der Waals surface area contributed by atoms with E-state index in [1.54, 1.807) is 0 Å². The van der Waals surface area contributed by atoms with Crippen LogP contribution in [0.25, 0.3) is 0 Å². The lowest BCUT2D eigenvalue weighted by Crippen LogP contribution is -2.40. The van der Waals surface area contributed by atoms with E-state index in [1.807, 2.05) is 0 Å². The number of ether oxygens (including phenoxy) is 2. The van der Waals surface area contributed by atoms with E-state index in [0.29, 0.717) is 6.61 Å². The summed E-state index contributed by atoms with van der Waals surface area (Å²) in [5, 5.41) is 29.0. The van der Waals surface area contributed by atoms with Crippen LogP contribution in [0.5, 0.6) is 0 Å². The molecule has 0 aromatic carbocycles. The Morgan fingerprint density at radius 2 is 1.46 bits per heavy atom. The van der Waals surface area contributed by atoms with E-state index >= 15 is 0 Å². The average molecular weight is 401 g/mol. The summed E-state index contributed by atoms with van der Waals surface area (Å²) >= 11 is 0. The van der Waals surface area contributed by atoms with Crippen molar-refractivity contribution in [1.82, 2.24) is 0 Å². The van der Waals surface area contributed by atoms with E-state index in [1.165, 1.54) is 57.8 Å². The van der Waals surface area contributed by atoms with Crippen molar-refractivity contribution in [2.75, 3.05) is 19.8 Å². The zero-order valence-corrected chi connectivity index (χ0v) is 17.9. The molecule has 0 saturated carbocycles. The molecular weight excluding hydrogens is 356 g/mol. The number of aliphatic hydroxyl groups excluding tert-OH is 3. The van der Waals surface area contributed by atoms with Gasteiger partial charge in [0.15, 0.2) is 0 Å².